The van der Waals surface area contributed by atoms with Gasteiger partial charge >= 0.3 is 6.09 Å². The number of anilines is 2. The number of rotatable bonds is 7. The molecule has 0 aliphatic carbocycles. The summed E-state index contributed by atoms with van der Waals surface area (Å²) in [6.07, 6.45) is 2.34. The van der Waals surface area contributed by atoms with E-state index >= 15 is 0 Å². The van der Waals surface area contributed by atoms with Crippen LogP contribution < -0.4 is 16.0 Å². The average Bonchev–Trinajstić information content (AvgIpc) is 3.69. The minimum absolute atomic E-state index is 0.0447. The molecule has 0 radical (unpaired) electrons. The Morgan fingerprint density at radius 3 is 2.33 bits per heavy atom. The fourth-order valence-corrected chi connectivity index (χ4v) is 5.32. The number of nitrogens with zero attached hydrogens (tertiary/aromatic N) is 4. The van der Waals surface area contributed by atoms with Gasteiger partial charge in [0.05, 0.1) is 34.2 Å². The van der Waals surface area contributed by atoms with E-state index in [2.05, 4.69) is 26.0 Å². The Morgan fingerprint density at radius 2 is 1.64 bits per heavy atom. The second-order valence-electron chi connectivity index (χ2n) is 9.82. The largest absolute Gasteiger partial charge is 0.451 e. The molecule has 3 N–H and O–H groups in total. The van der Waals surface area contributed by atoms with Gasteiger partial charge in [-0.15, -0.1) is 16.4 Å². The molecule has 3 amide bonds. The number of ether oxygens (including phenoxy) is 1. The summed E-state index contributed by atoms with van der Waals surface area (Å²) in [5.41, 5.74) is 0.642. The van der Waals surface area contributed by atoms with Crippen molar-refractivity contribution in [2.45, 2.75) is 19.4 Å². The molecule has 214 valence electrons. The van der Waals surface area contributed by atoms with E-state index in [9.17, 15) is 19.2 Å². The molecule has 3 heterocycles. The monoisotopic (exact) mass is 585 g/mol. The fraction of sp³-hybridized carbons (Fsp3) is 0.172. The zero-order valence-electron chi connectivity index (χ0n) is 23.2. The molecule has 2 aromatic carbocycles. The van der Waals surface area contributed by atoms with Crippen LogP contribution >= 0.6 is 11.3 Å². The van der Waals surface area contributed by atoms with Crippen LogP contribution in [0, 0.1) is 0 Å². The third-order valence-electron chi connectivity index (χ3n) is 6.53. The van der Waals surface area contributed by atoms with E-state index in [4.69, 9.17) is 4.74 Å². The van der Waals surface area contributed by atoms with Crippen molar-refractivity contribution in [1.29, 1.82) is 0 Å². The second-order valence-corrected chi connectivity index (χ2v) is 10.9. The molecule has 0 saturated carbocycles. The van der Waals surface area contributed by atoms with Crippen molar-refractivity contribution in [3.63, 3.8) is 0 Å². The number of hydrogen-bond donors (Lipinski definition) is 3. The number of aromatic nitrogens is 4. The van der Waals surface area contributed by atoms with Gasteiger partial charge in [0, 0.05) is 19.4 Å². The number of para-hydroxylation sites is 1. The molecule has 0 unspecified atom stereocenters. The second kappa shape index (κ2) is 11.3. The van der Waals surface area contributed by atoms with Crippen LogP contribution in [0.4, 0.5) is 16.3 Å². The molecule has 3 aromatic heterocycles. The fourth-order valence-electron chi connectivity index (χ4n) is 4.32. The molecule has 42 heavy (non-hydrogen) atoms. The molecular weight excluding hydrogens is 558 g/mol. The van der Waals surface area contributed by atoms with Gasteiger partial charge < -0.3 is 25.3 Å². The number of nitrogens with one attached hydrogen (secondary N) is 3. The highest BCUT2D eigenvalue weighted by Gasteiger charge is 2.27. The molecule has 0 atom stereocenters. The van der Waals surface area contributed by atoms with E-state index in [1.807, 2.05) is 44.2 Å². The summed E-state index contributed by atoms with van der Waals surface area (Å²) >= 11 is 1.04. The maximum atomic E-state index is 13.4. The minimum atomic E-state index is -0.790. The van der Waals surface area contributed by atoms with Crippen LogP contribution in [0.5, 0.6) is 0 Å². The first kappa shape index (κ1) is 28.2. The van der Waals surface area contributed by atoms with Crippen molar-refractivity contribution in [1.82, 2.24) is 24.6 Å². The molecule has 5 rings (SSSR count). The van der Waals surface area contributed by atoms with Gasteiger partial charge in [0.25, 0.3) is 17.7 Å². The van der Waals surface area contributed by atoms with Crippen LogP contribution in [0.3, 0.4) is 0 Å². The number of hydrogen-bond acceptors (Lipinski definition) is 8. The number of carbonyl (C=O) groups excluding carboxylic acids is 4. The van der Waals surface area contributed by atoms with E-state index in [0.29, 0.717) is 15.1 Å². The first-order valence-electron chi connectivity index (χ1n) is 12.8. The van der Waals surface area contributed by atoms with Crippen molar-refractivity contribution in [2.75, 3.05) is 17.7 Å². The molecular formula is C29H27N7O5S. The third kappa shape index (κ3) is 5.49. The van der Waals surface area contributed by atoms with Crippen LogP contribution in [0.1, 0.15) is 50.1 Å². The molecule has 0 aliphatic heterocycles. The highest BCUT2D eigenvalue weighted by molar-refractivity contribution is 7.20. The maximum absolute atomic E-state index is 13.4. The van der Waals surface area contributed by atoms with Gasteiger partial charge in [0.1, 0.15) is 4.83 Å². The normalized spacial score (nSPS) is 11.2. The molecule has 13 heteroatoms. The number of amides is 3. The van der Waals surface area contributed by atoms with Crippen molar-refractivity contribution in [3.8, 4) is 0 Å². The quantitative estimate of drug-likeness (QED) is 0.252. The third-order valence-corrected chi connectivity index (χ3v) is 7.64. The molecule has 0 bridgehead atoms. The Hall–Kier alpha value is -5.30. The maximum Gasteiger partial charge on any atom is 0.435 e. The van der Waals surface area contributed by atoms with Crippen molar-refractivity contribution in [2.24, 2.45) is 7.05 Å². The summed E-state index contributed by atoms with van der Waals surface area (Å²) in [5.74, 6) is -1.23. The molecule has 0 fully saturated rings. The molecule has 5 aromatic rings. The van der Waals surface area contributed by atoms with Crippen LogP contribution in [-0.4, -0.2) is 50.3 Å². The van der Waals surface area contributed by atoms with Crippen LogP contribution in [-0.2, 0) is 17.3 Å². The summed E-state index contributed by atoms with van der Waals surface area (Å²) < 4.78 is 7.41. The number of methoxy groups -OCH3 is 1. The average molecular weight is 586 g/mol. The molecule has 12 nitrogen and oxygen atoms in total. The van der Waals surface area contributed by atoms with Gasteiger partial charge in [-0.3, -0.25) is 14.4 Å². The lowest BCUT2D eigenvalue weighted by Gasteiger charge is -2.26. The van der Waals surface area contributed by atoms with Crippen LogP contribution in [0.2, 0.25) is 0 Å². The predicted molar refractivity (Wildman–Crippen MR) is 158 cm³/mol. The number of benzene rings is 2. The summed E-state index contributed by atoms with van der Waals surface area (Å²) in [5, 5.41) is 13.1. The SMILES string of the molecule is COC(=O)n1nc(NC(=O)c2ccccc2NC(=O)c2nccn2C)c2cc(C(=O)NC(C)(C)c3ccccc3)sc21. The number of carbonyl (C=O) groups is 4. The molecule has 0 aliphatic rings. The van der Waals surface area contributed by atoms with E-state index in [1.54, 1.807) is 42.1 Å². The van der Waals surface area contributed by atoms with Crippen LogP contribution in [0.15, 0.2) is 73.1 Å². The van der Waals surface area contributed by atoms with Gasteiger partial charge in [-0.25, -0.2) is 9.78 Å². The van der Waals surface area contributed by atoms with E-state index < -0.39 is 23.4 Å². The van der Waals surface area contributed by atoms with Gasteiger partial charge in [-0.1, -0.05) is 42.5 Å². The van der Waals surface area contributed by atoms with Gasteiger partial charge in [0.2, 0.25) is 0 Å². The zero-order valence-corrected chi connectivity index (χ0v) is 24.0. The number of imidazole rings is 1. The minimum Gasteiger partial charge on any atom is -0.451 e. The van der Waals surface area contributed by atoms with E-state index in [0.717, 1.165) is 21.6 Å². The first-order valence-corrected chi connectivity index (χ1v) is 13.6. The summed E-state index contributed by atoms with van der Waals surface area (Å²) in [6, 6.07) is 17.5. The summed E-state index contributed by atoms with van der Waals surface area (Å²) in [4.78, 5) is 56.6. The Kier molecular flexibility index (Phi) is 7.59. The topological polar surface area (TPSA) is 149 Å². The van der Waals surface area contributed by atoms with E-state index in [-0.39, 0.29) is 28.8 Å². The van der Waals surface area contributed by atoms with Crippen molar-refractivity contribution in [3.05, 3.63) is 94.9 Å². The highest BCUT2D eigenvalue weighted by Crippen LogP contribution is 2.33. The Labute approximate surface area is 244 Å². The Morgan fingerprint density at radius 1 is 0.929 bits per heavy atom. The Bertz CT molecular complexity index is 1820. The Balaban J connectivity index is 1.44. The molecule has 0 saturated heterocycles. The number of thiophene rings is 1. The molecule has 0 spiro atoms. The predicted octanol–water partition coefficient (Wildman–Crippen LogP) is 4.62. The lowest BCUT2D eigenvalue weighted by Crippen LogP contribution is -2.40. The summed E-state index contributed by atoms with van der Waals surface area (Å²) in [6.45, 7) is 3.78. The smallest absolute Gasteiger partial charge is 0.435 e. The summed E-state index contributed by atoms with van der Waals surface area (Å²) in [7, 11) is 2.89. The zero-order chi connectivity index (χ0) is 30.0. The van der Waals surface area contributed by atoms with Crippen molar-refractivity contribution >= 4 is 56.9 Å². The van der Waals surface area contributed by atoms with Crippen LogP contribution in [0.25, 0.3) is 10.2 Å². The van der Waals surface area contributed by atoms with Gasteiger partial charge in [0.15, 0.2) is 11.6 Å². The number of aryl methyl sites for hydroxylation is 1. The highest BCUT2D eigenvalue weighted by atomic mass is 32.1. The lowest BCUT2D eigenvalue weighted by molar-refractivity contribution is 0.0915. The lowest BCUT2D eigenvalue weighted by atomic mass is 9.94. The van der Waals surface area contributed by atoms with Crippen molar-refractivity contribution < 1.29 is 23.9 Å². The van der Waals surface area contributed by atoms with E-state index in [1.165, 1.54) is 19.4 Å². The standard InChI is InChI=1S/C29H27N7O5S/c1-29(2,17-10-6-5-7-11-17)33-25(38)21-16-19-22(34-36(27(19)42-21)28(40)41-4)32-24(37)18-12-8-9-13-20(18)31-26(39)23-30-14-15-35(23)3/h5-16H,1-4H3,(H,31,39)(H,33,38)(H,32,34,37). The van der Waals surface area contributed by atoms with Gasteiger partial charge in [-0.05, 0) is 37.6 Å². The number of fused-ring (bicyclic) bond motifs is 1. The van der Waals surface area contributed by atoms with Gasteiger partial charge in [-0.2, -0.15) is 4.68 Å². The first-order chi connectivity index (χ1) is 20.1.